The van der Waals surface area contributed by atoms with Crippen LogP contribution in [0.2, 0.25) is 0 Å². The minimum absolute atomic E-state index is 0.648. The molecule has 0 bridgehead atoms. The molecule has 1 aliphatic rings. The average Bonchev–Trinajstić information content (AvgIpc) is 2.12. The molecule has 1 rings (SSSR count). The molecule has 0 aromatic carbocycles. The van der Waals surface area contributed by atoms with Gasteiger partial charge in [-0.15, -0.1) is 12.1 Å². The van der Waals surface area contributed by atoms with Crippen molar-refractivity contribution in [3.63, 3.8) is 0 Å². The van der Waals surface area contributed by atoms with E-state index in [0.29, 0.717) is 5.92 Å². The van der Waals surface area contributed by atoms with Crippen LogP contribution in [0.25, 0.3) is 0 Å². The molecule has 42 valence electrons. The van der Waals surface area contributed by atoms with Crippen molar-refractivity contribution in [3.05, 3.63) is 12.1 Å². The van der Waals surface area contributed by atoms with Gasteiger partial charge in [0, 0.05) is 0 Å². The fraction of sp³-hybridized carbons (Fsp3) is 0.714. The van der Waals surface area contributed by atoms with E-state index in [2.05, 4.69) is 6.58 Å². The quantitative estimate of drug-likeness (QED) is 0.447. The van der Waals surface area contributed by atoms with Gasteiger partial charge in [-0.1, -0.05) is 12.8 Å². The van der Waals surface area contributed by atoms with Crippen LogP contribution in [0.3, 0.4) is 0 Å². The Morgan fingerprint density at radius 1 is 1.38 bits per heavy atom. The molecule has 0 aliphatic heterocycles. The molecule has 1 heteroatoms. The highest BCUT2D eigenvalue weighted by Crippen LogP contribution is 2.28. The van der Waals surface area contributed by atoms with Crippen molar-refractivity contribution in [1.82, 2.24) is 0 Å². The predicted molar refractivity (Wildman–Crippen MR) is 36.9 cm³/mol. The van der Waals surface area contributed by atoms with E-state index in [1.807, 2.05) is 0 Å². The van der Waals surface area contributed by atoms with Gasteiger partial charge in [0.2, 0.25) is 0 Å². The van der Waals surface area contributed by atoms with E-state index in [0.717, 1.165) is 5.47 Å². The highest BCUT2D eigenvalue weighted by Gasteiger charge is 2.13. The predicted octanol–water partition coefficient (Wildman–Crippen LogP) is 1.86. The van der Waals surface area contributed by atoms with Gasteiger partial charge in [-0.05, 0) is 18.8 Å². The molecule has 0 aromatic heterocycles. The fourth-order valence-corrected chi connectivity index (χ4v) is 1.30. The third kappa shape index (κ3) is 1.15. The van der Waals surface area contributed by atoms with Crippen LogP contribution in [0.4, 0.5) is 0 Å². The van der Waals surface area contributed by atoms with Crippen molar-refractivity contribution in [3.8, 4) is 0 Å². The molecule has 0 spiro atoms. The van der Waals surface area contributed by atoms with Crippen molar-refractivity contribution in [2.24, 2.45) is 5.92 Å². The first kappa shape index (κ1) is 5.93. The zero-order valence-electron chi connectivity index (χ0n) is 5.19. The molecule has 0 aromatic rings. The summed E-state index contributed by atoms with van der Waals surface area (Å²) in [6.07, 6.45) is 5.24. The lowest BCUT2D eigenvalue weighted by molar-refractivity contribution is 0.674. The van der Waals surface area contributed by atoms with Crippen molar-refractivity contribution in [2.45, 2.75) is 25.7 Å². The Balaban J connectivity index is 2.35. The second-order valence-electron chi connectivity index (χ2n) is 2.56. The van der Waals surface area contributed by atoms with Crippen molar-refractivity contribution >= 4 is 7.85 Å². The first-order chi connectivity index (χ1) is 3.80. The van der Waals surface area contributed by atoms with E-state index in [4.69, 9.17) is 7.85 Å². The van der Waals surface area contributed by atoms with Gasteiger partial charge in [-0.3, -0.25) is 0 Å². The summed E-state index contributed by atoms with van der Waals surface area (Å²) in [5.74, 6) is 0.648. The Kier molecular flexibility index (Phi) is 1.77. The van der Waals surface area contributed by atoms with Gasteiger partial charge in [0.1, 0.15) is 7.85 Å². The van der Waals surface area contributed by atoms with Crippen molar-refractivity contribution in [2.75, 3.05) is 0 Å². The van der Waals surface area contributed by atoms with Crippen molar-refractivity contribution in [1.29, 1.82) is 0 Å². The van der Waals surface area contributed by atoms with Crippen molar-refractivity contribution < 1.29 is 0 Å². The van der Waals surface area contributed by atoms with Crippen LogP contribution in [0.15, 0.2) is 12.1 Å². The van der Waals surface area contributed by atoms with E-state index < -0.39 is 0 Å². The maximum absolute atomic E-state index is 5.50. The van der Waals surface area contributed by atoms with E-state index >= 15 is 0 Å². The lowest BCUT2D eigenvalue weighted by Crippen LogP contribution is -1.95. The van der Waals surface area contributed by atoms with Crippen LogP contribution in [0.1, 0.15) is 25.7 Å². The summed E-state index contributed by atoms with van der Waals surface area (Å²) < 4.78 is 0. The zero-order chi connectivity index (χ0) is 5.98. The first-order valence-electron chi connectivity index (χ1n) is 3.25. The lowest BCUT2D eigenvalue weighted by Gasteiger charge is -2.05. The molecule has 0 saturated heterocycles. The molecule has 1 fully saturated rings. The van der Waals surface area contributed by atoms with Crippen LogP contribution in [0.5, 0.6) is 0 Å². The summed E-state index contributed by atoms with van der Waals surface area (Å²) in [5, 5.41) is 0. The fourth-order valence-electron chi connectivity index (χ4n) is 1.30. The van der Waals surface area contributed by atoms with E-state index in [1.54, 1.807) is 0 Å². The maximum atomic E-state index is 5.50. The Labute approximate surface area is 52.4 Å². The minimum atomic E-state index is 0.648. The molecule has 2 radical (unpaired) electrons. The standard InChI is InChI=1S/C7H11B/c1-6(8)7-4-2-3-5-7/h7H,1-5H2. The largest absolute Gasteiger partial charge is 0.122 e. The number of hydrogen-bond donors (Lipinski definition) is 0. The summed E-state index contributed by atoms with van der Waals surface area (Å²) in [4.78, 5) is 0. The number of hydrogen-bond acceptors (Lipinski definition) is 0. The Hall–Kier alpha value is -0.195. The molecule has 0 unspecified atom stereocenters. The molecule has 1 aliphatic carbocycles. The van der Waals surface area contributed by atoms with Gasteiger partial charge in [0.25, 0.3) is 0 Å². The molecular weight excluding hydrogens is 94.9 g/mol. The summed E-state index contributed by atoms with van der Waals surface area (Å²) in [6.45, 7) is 3.71. The van der Waals surface area contributed by atoms with Gasteiger partial charge in [0.05, 0.1) is 0 Å². The van der Waals surface area contributed by atoms with Crippen LogP contribution < -0.4 is 0 Å². The summed E-state index contributed by atoms with van der Waals surface area (Å²) in [5.41, 5.74) is 0.891. The first-order valence-corrected chi connectivity index (χ1v) is 3.25. The second-order valence-corrected chi connectivity index (χ2v) is 2.56. The van der Waals surface area contributed by atoms with Gasteiger partial charge >= 0.3 is 0 Å². The Bertz CT molecular complexity index is 90.6. The Morgan fingerprint density at radius 2 is 1.88 bits per heavy atom. The number of rotatable bonds is 1. The molecule has 8 heavy (non-hydrogen) atoms. The molecular formula is C7H11B. The lowest BCUT2D eigenvalue weighted by atomic mass is 9.84. The SMILES string of the molecule is [B]C(=C)C1CCCC1. The van der Waals surface area contributed by atoms with Crippen LogP contribution >= 0.6 is 0 Å². The van der Waals surface area contributed by atoms with Gasteiger partial charge < -0.3 is 0 Å². The van der Waals surface area contributed by atoms with Gasteiger partial charge in [-0.2, -0.15) is 0 Å². The normalized spacial score (nSPS) is 21.5. The summed E-state index contributed by atoms with van der Waals surface area (Å²) in [7, 11) is 5.50. The molecule has 0 atom stereocenters. The smallest absolute Gasteiger partial charge is 0.107 e. The van der Waals surface area contributed by atoms with Crippen LogP contribution in [-0.4, -0.2) is 7.85 Å². The minimum Gasteiger partial charge on any atom is -0.122 e. The summed E-state index contributed by atoms with van der Waals surface area (Å²) >= 11 is 0. The molecule has 1 saturated carbocycles. The average molecular weight is 106 g/mol. The van der Waals surface area contributed by atoms with E-state index in [9.17, 15) is 0 Å². The van der Waals surface area contributed by atoms with Gasteiger partial charge in [-0.25, -0.2) is 0 Å². The highest BCUT2D eigenvalue weighted by molar-refractivity contribution is 6.21. The van der Waals surface area contributed by atoms with E-state index in [-0.39, 0.29) is 0 Å². The Morgan fingerprint density at radius 3 is 2.12 bits per heavy atom. The maximum Gasteiger partial charge on any atom is 0.107 e. The summed E-state index contributed by atoms with van der Waals surface area (Å²) in [6, 6.07) is 0. The molecule has 0 nitrogen and oxygen atoms in total. The molecule has 0 heterocycles. The molecule has 0 amide bonds. The third-order valence-electron chi connectivity index (χ3n) is 1.88. The number of allylic oxidation sites excluding steroid dienone is 1. The topological polar surface area (TPSA) is 0 Å². The zero-order valence-corrected chi connectivity index (χ0v) is 5.19. The highest BCUT2D eigenvalue weighted by atomic mass is 14.2. The van der Waals surface area contributed by atoms with Crippen LogP contribution in [0, 0.1) is 5.92 Å². The third-order valence-corrected chi connectivity index (χ3v) is 1.88. The van der Waals surface area contributed by atoms with Crippen LogP contribution in [-0.2, 0) is 0 Å². The van der Waals surface area contributed by atoms with E-state index in [1.165, 1.54) is 25.7 Å². The molecule has 0 N–H and O–H groups in total. The second kappa shape index (κ2) is 2.39. The van der Waals surface area contributed by atoms with Gasteiger partial charge in [0.15, 0.2) is 0 Å². The monoisotopic (exact) mass is 106 g/mol.